The maximum atomic E-state index is 12.6. The largest absolute Gasteiger partial charge is 0.452 e. The second-order valence-electron chi connectivity index (χ2n) is 6.55. The predicted molar refractivity (Wildman–Crippen MR) is 113 cm³/mol. The molecule has 0 aromatic heterocycles. The minimum atomic E-state index is -0.752. The van der Waals surface area contributed by atoms with Gasteiger partial charge in [0.25, 0.3) is 11.6 Å². The first-order chi connectivity index (χ1) is 14.9. The molecule has 8 nitrogen and oxygen atoms in total. The fourth-order valence-corrected chi connectivity index (χ4v) is 3.06. The molecule has 0 spiro atoms. The molecule has 154 valence electrons. The molecular weight excluding hydrogens is 398 g/mol. The minimum Gasteiger partial charge on any atom is -0.452 e. The van der Waals surface area contributed by atoms with Crippen LogP contribution in [0.5, 0.6) is 0 Å². The highest BCUT2D eigenvalue weighted by atomic mass is 16.6. The Balaban J connectivity index is 1.77. The first-order valence-electron chi connectivity index (χ1n) is 9.22. The Labute approximate surface area is 177 Å². The summed E-state index contributed by atoms with van der Waals surface area (Å²) in [5.41, 5.74) is 1.96. The molecule has 0 fully saturated rings. The number of hydrogen-bond acceptors (Lipinski definition) is 6. The van der Waals surface area contributed by atoms with Gasteiger partial charge in [-0.2, -0.15) is 5.26 Å². The van der Waals surface area contributed by atoms with Gasteiger partial charge < -0.3 is 10.1 Å². The number of ether oxygens (including phenoxy) is 1. The molecule has 0 saturated carbocycles. The fourth-order valence-electron chi connectivity index (χ4n) is 3.06. The molecule has 0 atom stereocenters. The third-order valence-corrected chi connectivity index (χ3v) is 4.53. The van der Waals surface area contributed by atoms with Crippen molar-refractivity contribution in [3.63, 3.8) is 0 Å². The topological polar surface area (TPSA) is 122 Å². The number of carbonyl (C=O) groups excluding carboxylic acids is 2. The van der Waals surface area contributed by atoms with Crippen LogP contribution >= 0.6 is 0 Å². The summed E-state index contributed by atoms with van der Waals surface area (Å²) in [7, 11) is 0. The van der Waals surface area contributed by atoms with Gasteiger partial charge in [0.05, 0.1) is 22.1 Å². The molecule has 3 rings (SSSR count). The minimum absolute atomic E-state index is 0.0527. The Hall–Kier alpha value is -4.51. The van der Waals surface area contributed by atoms with Gasteiger partial charge in [-0.15, -0.1) is 0 Å². The Morgan fingerprint density at radius 1 is 1.03 bits per heavy atom. The van der Waals surface area contributed by atoms with Gasteiger partial charge in [-0.1, -0.05) is 48.5 Å². The van der Waals surface area contributed by atoms with Crippen LogP contribution in [0.4, 0.5) is 11.4 Å². The average Bonchev–Trinajstić information content (AvgIpc) is 2.78. The highest BCUT2D eigenvalue weighted by Gasteiger charge is 2.20. The standard InChI is InChI=1S/C23H17N3O5/c1-15-7-6-12-20(26(29)30)22(15)25-21(27)14-31-23(28)19-11-5-4-10-18(19)17-9-3-2-8-16(17)13-24/h2-12H,14H2,1H3,(H,25,27). The van der Waals surface area contributed by atoms with Crippen molar-refractivity contribution in [3.05, 3.63) is 93.5 Å². The average molecular weight is 415 g/mol. The van der Waals surface area contributed by atoms with Crippen LogP contribution in [-0.2, 0) is 9.53 Å². The lowest BCUT2D eigenvalue weighted by atomic mass is 9.96. The van der Waals surface area contributed by atoms with Gasteiger partial charge >= 0.3 is 5.97 Å². The van der Waals surface area contributed by atoms with Gasteiger partial charge in [0.2, 0.25) is 0 Å². The SMILES string of the molecule is Cc1cccc([N+](=O)[O-])c1NC(=O)COC(=O)c1ccccc1-c1ccccc1C#N. The van der Waals surface area contributed by atoms with E-state index in [2.05, 4.69) is 11.4 Å². The molecule has 0 saturated heterocycles. The Kier molecular flexibility index (Phi) is 6.38. The molecule has 0 aliphatic carbocycles. The molecule has 0 heterocycles. The summed E-state index contributed by atoms with van der Waals surface area (Å²) in [6.45, 7) is 0.996. The molecule has 0 radical (unpaired) electrons. The summed E-state index contributed by atoms with van der Waals surface area (Å²) < 4.78 is 5.13. The van der Waals surface area contributed by atoms with Crippen LogP contribution in [0.25, 0.3) is 11.1 Å². The van der Waals surface area contributed by atoms with Gasteiger partial charge in [-0.3, -0.25) is 14.9 Å². The quantitative estimate of drug-likeness (QED) is 0.365. The van der Waals surface area contributed by atoms with Crippen molar-refractivity contribution in [2.24, 2.45) is 0 Å². The lowest BCUT2D eigenvalue weighted by Gasteiger charge is -2.12. The van der Waals surface area contributed by atoms with E-state index in [9.17, 15) is 25.0 Å². The van der Waals surface area contributed by atoms with Crippen molar-refractivity contribution >= 4 is 23.3 Å². The second kappa shape index (κ2) is 9.33. The van der Waals surface area contributed by atoms with Gasteiger partial charge in [0.1, 0.15) is 5.69 Å². The van der Waals surface area contributed by atoms with Crippen LogP contribution in [0.3, 0.4) is 0 Å². The fraction of sp³-hybridized carbons (Fsp3) is 0.0870. The van der Waals surface area contributed by atoms with E-state index < -0.39 is 23.4 Å². The first-order valence-corrected chi connectivity index (χ1v) is 9.22. The van der Waals surface area contributed by atoms with Crippen LogP contribution in [0.15, 0.2) is 66.7 Å². The second-order valence-corrected chi connectivity index (χ2v) is 6.55. The Bertz CT molecular complexity index is 1210. The van der Waals surface area contributed by atoms with E-state index in [1.165, 1.54) is 18.2 Å². The number of esters is 1. The summed E-state index contributed by atoms with van der Waals surface area (Å²) >= 11 is 0. The van der Waals surface area contributed by atoms with Crippen molar-refractivity contribution in [3.8, 4) is 17.2 Å². The lowest BCUT2D eigenvalue weighted by molar-refractivity contribution is -0.384. The Morgan fingerprint density at radius 3 is 2.42 bits per heavy atom. The van der Waals surface area contributed by atoms with Crippen LogP contribution < -0.4 is 5.32 Å². The Morgan fingerprint density at radius 2 is 1.71 bits per heavy atom. The molecule has 3 aromatic rings. The summed E-state index contributed by atoms with van der Waals surface area (Å²) in [4.78, 5) is 35.5. The van der Waals surface area contributed by atoms with Crippen LogP contribution in [0, 0.1) is 28.4 Å². The highest BCUT2D eigenvalue weighted by molar-refractivity contribution is 6.00. The normalized spacial score (nSPS) is 10.1. The molecule has 1 amide bonds. The van der Waals surface area contributed by atoms with Crippen molar-refractivity contribution in [2.75, 3.05) is 11.9 Å². The van der Waals surface area contributed by atoms with E-state index in [-0.39, 0.29) is 16.9 Å². The molecule has 8 heteroatoms. The number of nitro groups is 1. The molecular formula is C23H17N3O5. The van der Waals surface area contributed by atoms with Crippen molar-refractivity contribution in [1.29, 1.82) is 5.26 Å². The van der Waals surface area contributed by atoms with Gasteiger partial charge in [0.15, 0.2) is 6.61 Å². The number of nitro benzene ring substituents is 1. The molecule has 3 aromatic carbocycles. The third-order valence-electron chi connectivity index (χ3n) is 4.53. The zero-order valence-electron chi connectivity index (χ0n) is 16.5. The number of nitrogens with zero attached hydrogens (tertiary/aromatic N) is 2. The molecule has 0 bridgehead atoms. The third kappa shape index (κ3) is 4.74. The number of carbonyl (C=O) groups is 2. The van der Waals surface area contributed by atoms with Gasteiger partial charge in [-0.05, 0) is 30.2 Å². The van der Waals surface area contributed by atoms with E-state index in [0.717, 1.165) is 0 Å². The summed E-state index contributed by atoms with van der Waals surface area (Å²) in [6, 6.07) is 19.9. The zero-order chi connectivity index (χ0) is 22.4. The number of rotatable bonds is 6. The van der Waals surface area contributed by atoms with E-state index >= 15 is 0 Å². The van der Waals surface area contributed by atoms with E-state index in [0.29, 0.717) is 22.3 Å². The smallest absolute Gasteiger partial charge is 0.339 e. The number of anilines is 1. The molecule has 0 aliphatic rings. The van der Waals surface area contributed by atoms with Crippen LogP contribution in [-0.4, -0.2) is 23.4 Å². The molecule has 0 unspecified atom stereocenters. The number of aryl methyl sites for hydroxylation is 1. The summed E-state index contributed by atoms with van der Waals surface area (Å²) in [5.74, 6) is -1.46. The maximum Gasteiger partial charge on any atom is 0.339 e. The number of amides is 1. The zero-order valence-corrected chi connectivity index (χ0v) is 16.5. The highest BCUT2D eigenvalue weighted by Crippen LogP contribution is 2.28. The lowest BCUT2D eigenvalue weighted by Crippen LogP contribution is -2.22. The number of nitriles is 1. The summed E-state index contributed by atoms with van der Waals surface area (Å²) in [5, 5.41) is 23.0. The van der Waals surface area contributed by atoms with Gasteiger partial charge in [-0.25, -0.2) is 4.79 Å². The molecule has 0 aliphatic heterocycles. The first kappa shape index (κ1) is 21.2. The van der Waals surface area contributed by atoms with Crippen LogP contribution in [0.2, 0.25) is 0 Å². The van der Waals surface area contributed by atoms with Crippen molar-refractivity contribution in [1.82, 2.24) is 0 Å². The number of benzene rings is 3. The van der Waals surface area contributed by atoms with Crippen molar-refractivity contribution < 1.29 is 19.2 Å². The maximum absolute atomic E-state index is 12.6. The van der Waals surface area contributed by atoms with E-state index in [4.69, 9.17) is 4.74 Å². The summed E-state index contributed by atoms with van der Waals surface area (Å²) in [6.07, 6.45) is 0. The molecule has 31 heavy (non-hydrogen) atoms. The number of para-hydroxylation sites is 1. The van der Waals surface area contributed by atoms with E-state index in [1.807, 2.05) is 0 Å². The van der Waals surface area contributed by atoms with E-state index in [1.54, 1.807) is 55.5 Å². The van der Waals surface area contributed by atoms with Crippen LogP contribution in [0.1, 0.15) is 21.5 Å². The van der Waals surface area contributed by atoms with Crippen molar-refractivity contribution in [2.45, 2.75) is 6.92 Å². The monoisotopic (exact) mass is 415 g/mol. The number of hydrogen-bond donors (Lipinski definition) is 1. The van der Waals surface area contributed by atoms with Gasteiger partial charge in [0, 0.05) is 11.6 Å². The predicted octanol–water partition coefficient (Wildman–Crippen LogP) is 4.24. The molecule has 1 N–H and O–H groups in total. The number of nitrogens with one attached hydrogen (secondary N) is 1.